The molecule has 88 valence electrons. The Morgan fingerprint density at radius 3 is 2.71 bits per heavy atom. The van der Waals surface area contributed by atoms with Crippen LogP contribution < -0.4 is 4.74 Å². The number of hydrogen-bond acceptors (Lipinski definition) is 3. The van der Waals surface area contributed by atoms with Crippen molar-refractivity contribution in [3.05, 3.63) is 48.3 Å². The largest absolute Gasteiger partial charge is 0.493 e. The molecule has 0 unspecified atom stereocenters. The molecule has 2 rings (SSSR count). The molecule has 0 aliphatic rings. The summed E-state index contributed by atoms with van der Waals surface area (Å²) in [6.07, 6.45) is 2.09. The summed E-state index contributed by atoms with van der Waals surface area (Å²) in [5, 5.41) is 4.05. The lowest BCUT2D eigenvalue weighted by atomic mass is 10.2. The summed E-state index contributed by atoms with van der Waals surface area (Å²) in [4.78, 5) is 11.7. The Morgan fingerprint density at radius 2 is 2.06 bits per heavy atom. The third-order valence-corrected chi connectivity index (χ3v) is 2.34. The Bertz CT molecular complexity index is 491. The van der Waals surface area contributed by atoms with Gasteiger partial charge in [-0.2, -0.15) is 5.10 Å². The lowest BCUT2D eigenvalue weighted by Crippen LogP contribution is -2.07. The quantitative estimate of drug-likeness (QED) is 0.738. The topological polar surface area (TPSA) is 44.1 Å². The Morgan fingerprint density at radius 1 is 1.29 bits per heavy atom. The van der Waals surface area contributed by atoms with Crippen LogP contribution in [0.1, 0.15) is 16.9 Å². The molecule has 0 bridgehead atoms. The van der Waals surface area contributed by atoms with Crippen LogP contribution in [0.15, 0.2) is 42.6 Å². The summed E-state index contributed by atoms with van der Waals surface area (Å²) in [5.74, 6) is 0.780. The van der Waals surface area contributed by atoms with Gasteiger partial charge in [0.1, 0.15) is 11.4 Å². The fraction of sp³-hybridized carbons (Fsp3) is 0.231. The van der Waals surface area contributed by atoms with E-state index in [2.05, 4.69) is 5.10 Å². The second-order valence-corrected chi connectivity index (χ2v) is 3.71. The van der Waals surface area contributed by atoms with Gasteiger partial charge in [0.25, 0.3) is 0 Å². The maximum atomic E-state index is 11.7. The van der Waals surface area contributed by atoms with Gasteiger partial charge in [-0.1, -0.05) is 18.2 Å². The van der Waals surface area contributed by atoms with E-state index < -0.39 is 0 Å². The molecule has 1 aromatic carbocycles. The van der Waals surface area contributed by atoms with Gasteiger partial charge < -0.3 is 4.74 Å². The Hall–Kier alpha value is -2.10. The third kappa shape index (κ3) is 3.17. The molecule has 0 N–H and O–H groups in total. The summed E-state index contributed by atoms with van der Waals surface area (Å²) < 4.78 is 7.07. The average molecular weight is 230 g/mol. The molecule has 1 heterocycles. The van der Waals surface area contributed by atoms with Gasteiger partial charge in [0.05, 0.1) is 6.61 Å². The monoisotopic (exact) mass is 230 g/mol. The van der Waals surface area contributed by atoms with Gasteiger partial charge >= 0.3 is 0 Å². The van der Waals surface area contributed by atoms with Crippen LogP contribution in [0.5, 0.6) is 5.75 Å². The van der Waals surface area contributed by atoms with E-state index in [-0.39, 0.29) is 5.78 Å². The van der Waals surface area contributed by atoms with Crippen LogP contribution in [0.2, 0.25) is 0 Å². The van der Waals surface area contributed by atoms with E-state index in [1.165, 1.54) is 0 Å². The first-order valence-electron chi connectivity index (χ1n) is 5.46. The molecule has 0 spiro atoms. The van der Waals surface area contributed by atoms with Crippen LogP contribution >= 0.6 is 0 Å². The molecule has 1 aromatic heterocycles. The molecule has 4 heteroatoms. The Kier molecular flexibility index (Phi) is 3.55. The number of Topliss-reactive ketones (excluding diaryl/α,β-unsaturated/α-hetero) is 1. The molecule has 0 saturated heterocycles. The summed E-state index contributed by atoms with van der Waals surface area (Å²) in [5.41, 5.74) is 0.490. The van der Waals surface area contributed by atoms with Crippen LogP contribution in [0, 0.1) is 0 Å². The van der Waals surface area contributed by atoms with Crippen LogP contribution in [0.4, 0.5) is 0 Å². The molecule has 0 amide bonds. The number of carbonyl (C=O) groups is 1. The number of hydrogen-bond donors (Lipinski definition) is 0. The van der Waals surface area contributed by atoms with E-state index in [9.17, 15) is 4.79 Å². The number of para-hydroxylation sites is 1. The molecule has 4 nitrogen and oxygen atoms in total. The number of carbonyl (C=O) groups excluding carboxylic acids is 1. The summed E-state index contributed by atoms with van der Waals surface area (Å²) in [6, 6.07) is 11.2. The van der Waals surface area contributed by atoms with E-state index in [0.717, 1.165) is 5.75 Å². The van der Waals surface area contributed by atoms with Gasteiger partial charge in [-0.15, -0.1) is 0 Å². The minimum Gasteiger partial charge on any atom is -0.493 e. The number of benzene rings is 1. The molecule has 0 aliphatic carbocycles. The van der Waals surface area contributed by atoms with Crippen molar-refractivity contribution in [2.75, 3.05) is 6.61 Å². The summed E-state index contributed by atoms with van der Waals surface area (Å²) in [6.45, 7) is 0.374. The minimum absolute atomic E-state index is 0.00142. The average Bonchev–Trinajstić information content (AvgIpc) is 2.77. The number of rotatable bonds is 5. The number of ketones is 1. The fourth-order valence-electron chi connectivity index (χ4n) is 1.47. The second kappa shape index (κ2) is 5.30. The highest BCUT2D eigenvalue weighted by molar-refractivity contribution is 5.94. The predicted molar refractivity (Wildman–Crippen MR) is 64.1 cm³/mol. The van der Waals surface area contributed by atoms with E-state index in [1.54, 1.807) is 24.0 Å². The molecule has 0 saturated carbocycles. The van der Waals surface area contributed by atoms with Crippen molar-refractivity contribution < 1.29 is 9.53 Å². The van der Waals surface area contributed by atoms with Crippen molar-refractivity contribution in [2.24, 2.45) is 7.05 Å². The van der Waals surface area contributed by atoms with E-state index in [4.69, 9.17) is 4.74 Å². The summed E-state index contributed by atoms with van der Waals surface area (Å²) in [7, 11) is 1.79. The maximum Gasteiger partial charge on any atom is 0.186 e. The Balaban J connectivity index is 1.81. The standard InChI is InChI=1S/C13H14N2O2/c1-15-9-7-12(14-15)13(16)8-10-17-11-5-3-2-4-6-11/h2-7,9H,8,10H2,1H3. The first-order chi connectivity index (χ1) is 8.25. The second-order valence-electron chi connectivity index (χ2n) is 3.71. The first-order valence-corrected chi connectivity index (χ1v) is 5.46. The number of ether oxygens (including phenoxy) is 1. The van der Waals surface area contributed by atoms with E-state index in [1.807, 2.05) is 30.3 Å². The molecule has 0 radical (unpaired) electrons. The normalized spacial score (nSPS) is 10.2. The van der Waals surface area contributed by atoms with Gasteiger partial charge in [0.15, 0.2) is 5.78 Å². The van der Waals surface area contributed by atoms with Crippen LogP contribution in [-0.2, 0) is 7.05 Å². The van der Waals surface area contributed by atoms with Crippen molar-refractivity contribution in [3.63, 3.8) is 0 Å². The van der Waals surface area contributed by atoms with E-state index in [0.29, 0.717) is 18.7 Å². The molecule has 0 fully saturated rings. The van der Waals surface area contributed by atoms with Gasteiger partial charge in [-0.05, 0) is 18.2 Å². The highest BCUT2D eigenvalue weighted by atomic mass is 16.5. The van der Waals surface area contributed by atoms with Crippen molar-refractivity contribution in [1.29, 1.82) is 0 Å². The molecule has 17 heavy (non-hydrogen) atoms. The highest BCUT2D eigenvalue weighted by Crippen LogP contribution is 2.09. The lowest BCUT2D eigenvalue weighted by molar-refractivity contribution is 0.0956. The highest BCUT2D eigenvalue weighted by Gasteiger charge is 2.08. The van der Waals surface area contributed by atoms with Crippen molar-refractivity contribution in [2.45, 2.75) is 6.42 Å². The van der Waals surface area contributed by atoms with Gasteiger partial charge in [-0.3, -0.25) is 9.48 Å². The third-order valence-electron chi connectivity index (χ3n) is 2.34. The van der Waals surface area contributed by atoms with Crippen LogP contribution in [0.25, 0.3) is 0 Å². The number of aromatic nitrogens is 2. The molecule has 0 atom stereocenters. The summed E-state index contributed by atoms with van der Waals surface area (Å²) >= 11 is 0. The van der Waals surface area contributed by atoms with Crippen LogP contribution in [0.3, 0.4) is 0 Å². The van der Waals surface area contributed by atoms with E-state index >= 15 is 0 Å². The first kappa shape index (κ1) is 11.4. The molecule has 0 aliphatic heterocycles. The Labute approximate surface area is 99.8 Å². The number of nitrogens with zero attached hydrogens (tertiary/aromatic N) is 2. The lowest BCUT2D eigenvalue weighted by Gasteiger charge is -2.03. The van der Waals surface area contributed by atoms with Gasteiger partial charge in [0.2, 0.25) is 0 Å². The predicted octanol–water partition coefficient (Wildman–Crippen LogP) is 2.07. The van der Waals surface area contributed by atoms with Gasteiger partial charge in [0, 0.05) is 19.7 Å². The zero-order valence-corrected chi connectivity index (χ0v) is 9.67. The fourth-order valence-corrected chi connectivity index (χ4v) is 1.47. The number of aryl methyl sites for hydroxylation is 1. The maximum absolute atomic E-state index is 11.7. The van der Waals surface area contributed by atoms with Gasteiger partial charge in [-0.25, -0.2) is 0 Å². The molecular formula is C13H14N2O2. The molecule has 2 aromatic rings. The SMILES string of the molecule is Cn1ccc(C(=O)CCOc2ccccc2)n1. The van der Waals surface area contributed by atoms with Crippen molar-refractivity contribution in [3.8, 4) is 5.75 Å². The van der Waals surface area contributed by atoms with Crippen molar-refractivity contribution >= 4 is 5.78 Å². The zero-order valence-electron chi connectivity index (χ0n) is 9.67. The molecular weight excluding hydrogens is 216 g/mol. The smallest absolute Gasteiger partial charge is 0.186 e. The zero-order chi connectivity index (χ0) is 12.1. The van der Waals surface area contributed by atoms with Crippen LogP contribution in [-0.4, -0.2) is 22.2 Å². The minimum atomic E-state index is 0.00142. The van der Waals surface area contributed by atoms with Crippen molar-refractivity contribution in [1.82, 2.24) is 9.78 Å².